The molecule has 1 amide bonds. The monoisotopic (exact) mass is 305 g/mol. The van der Waals surface area contributed by atoms with Crippen LogP contribution in [0.5, 0.6) is 5.75 Å². The average Bonchev–Trinajstić information content (AvgIpc) is 2.43. The van der Waals surface area contributed by atoms with Gasteiger partial charge in [0, 0.05) is 13.0 Å². The molecule has 0 radical (unpaired) electrons. The van der Waals surface area contributed by atoms with Gasteiger partial charge in [-0.05, 0) is 18.6 Å². The molecule has 0 saturated heterocycles. The summed E-state index contributed by atoms with van der Waals surface area (Å²) in [4.78, 5) is 11.4. The van der Waals surface area contributed by atoms with E-state index in [1.807, 2.05) is 30.3 Å². The van der Waals surface area contributed by atoms with Gasteiger partial charge in [0.25, 0.3) is 0 Å². The second kappa shape index (κ2) is 9.23. The van der Waals surface area contributed by atoms with Crippen molar-refractivity contribution in [3.05, 3.63) is 30.3 Å². The summed E-state index contributed by atoms with van der Waals surface area (Å²) in [5, 5.41) is 2.48. The third-order valence-corrected chi connectivity index (χ3v) is 2.39. The van der Waals surface area contributed by atoms with Crippen molar-refractivity contribution in [2.45, 2.75) is 19.0 Å². The first kappa shape index (κ1) is 17.3. The summed E-state index contributed by atoms with van der Waals surface area (Å²) in [5.41, 5.74) is 0. The molecule has 0 fully saturated rings. The molecular formula is C14H18F3NO3. The highest BCUT2D eigenvalue weighted by molar-refractivity contribution is 5.75. The van der Waals surface area contributed by atoms with Gasteiger partial charge in [0.2, 0.25) is 5.91 Å². The zero-order valence-electron chi connectivity index (χ0n) is 11.5. The summed E-state index contributed by atoms with van der Waals surface area (Å²) in [6.07, 6.45) is -3.55. The molecule has 0 unspecified atom stereocenters. The SMILES string of the molecule is O=C(CCCOc1ccccc1)NCCOCC(F)(F)F. The van der Waals surface area contributed by atoms with Crippen LogP contribution in [0.2, 0.25) is 0 Å². The van der Waals surface area contributed by atoms with Crippen LogP contribution in [0.4, 0.5) is 13.2 Å². The number of nitrogens with one attached hydrogen (secondary N) is 1. The molecule has 0 aromatic heterocycles. The van der Waals surface area contributed by atoms with Gasteiger partial charge in [-0.3, -0.25) is 4.79 Å². The minimum atomic E-state index is -4.33. The van der Waals surface area contributed by atoms with E-state index in [-0.39, 0.29) is 25.5 Å². The standard InChI is InChI=1S/C14H18F3NO3/c15-14(16,17)11-20-10-8-18-13(19)7-4-9-21-12-5-2-1-3-6-12/h1-3,5-6H,4,7-11H2,(H,18,19). The maximum Gasteiger partial charge on any atom is 0.411 e. The third-order valence-electron chi connectivity index (χ3n) is 2.39. The van der Waals surface area contributed by atoms with E-state index in [9.17, 15) is 18.0 Å². The topological polar surface area (TPSA) is 47.6 Å². The van der Waals surface area contributed by atoms with Crippen molar-refractivity contribution in [2.24, 2.45) is 0 Å². The summed E-state index contributed by atoms with van der Waals surface area (Å²) in [5.74, 6) is 0.501. The average molecular weight is 305 g/mol. The molecule has 1 aromatic rings. The molecule has 1 aromatic carbocycles. The molecular weight excluding hydrogens is 287 g/mol. The first-order valence-electron chi connectivity index (χ1n) is 6.56. The number of carbonyl (C=O) groups is 1. The van der Waals surface area contributed by atoms with E-state index in [1.165, 1.54) is 0 Å². The van der Waals surface area contributed by atoms with Crippen molar-refractivity contribution in [1.29, 1.82) is 0 Å². The van der Waals surface area contributed by atoms with E-state index in [1.54, 1.807) is 0 Å². The van der Waals surface area contributed by atoms with Crippen LogP contribution >= 0.6 is 0 Å². The Bertz CT molecular complexity index is 410. The molecule has 0 aliphatic heterocycles. The molecule has 1 N–H and O–H groups in total. The van der Waals surface area contributed by atoms with Crippen molar-refractivity contribution in [3.63, 3.8) is 0 Å². The molecule has 1 rings (SSSR count). The number of hydrogen-bond acceptors (Lipinski definition) is 3. The fourth-order valence-corrected chi connectivity index (χ4v) is 1.48. The fourth-order valence-electron chi connectivity index (χ4n) is 1.48. The molecule has 0 aliphatic rings. The summed E-state index contributed by atoms with van der Waals surface area (Å²) >= 11 is 0. The van der Waals surface area contributed by atoms with Gasteiger partial charge in [-0.1, -0.05) is 18.2 Å². The predicted octanol–water partition coefficient (Wildman–Crippen LogP) is 2.54. The van der Waals surface area contributed by atoms with E-state index >= 15 is 0 Å². The Labute approximate surface area is 121 Å². The molecule has 4 nitrogen and oxygen atoms in total. The Hall–Kier alpha value is -1.76. The van der Waals surface area contributed by atoms with Crippen molar-refractivity contribution >= 4 is 5.91 Å². The van der Waals surface area contributed by atoms with Crippen LogP contribution in [-0.4, -0.2) is 38.4 Å². The lowest BCUT2D eigenvalue weighted by molar-refractivity contribution is -0.173. The van der Waals surface area contributed by atoms with Crippen molar-refractivity contribution in [2.75, 3.05) is 26.4 Å². The lowest BCUT2D eigenvalue weighted by Gasteiger charge is -2.09. The Morgan fingerprint density at radius 3 is 2.52 bits per heavy atom. The molecule has 118 valence electrons. The van der Waals surface area contributed by atoms with Crippen LogP contribution in [-0.2, 0) is 9.53 Å². The van der Waals surface area contributed by atoms with Gasteiger partial charge in [0.05, 0.1) is 13.2 Å². The molecule has 0 bridgehead atoms. The minimum absolute atomic E-state index is 0.0639. The maximum atomic E-state index is 11.8. The first-order valence-corrected chi connectivity index (χ1v) is 6.56. The number of benzene rings is 1. The van der Waals surface area contributed by atoms with Gasteiger partial charge in [0.1, 0.15) is 12.4 Å². The molecule has 0 heterocycles. The number of hydrogen-bond donors (Lipinski definition) is 1. The number of alkyl halides is 3. The third kappa shape index (κ3) is 9.73. The number of amides is 1. The van der Waals surface area contributed by atoms with E-state index in [4.69, 9.17) is 4.74 Å². The molecule has 7 heteroatoms. The summed E-state index contributed by atoms with van der Waals surface area (Å²) < 4.78 is 45.1. The minimum Gasteiger partial charge on any atom is -0.494 e. The summed E-state index contributed by atoms with van der Waals surface area (Å²) in [6.45, 7) is -0.990. The van der Waals surface area contributed by atoms with Crippen molar-refractivity contribution < 1.29 is 27.4 Å². The molecule has 0 aliphatic carbocycles. The van der Waals surface area contributed by atoms with Crippen LogP contribution in [0.15, 0.2) is 30.3 Å². The number of ether oxygens (including phenoxy) is 2. The lowest BCUT2D eigenvalue weighted by Crippen LogP contribution is -2.28. The predicted molar refractivity (Wildman–Crippen MR) is 71.1 cm³/mol. The van der Waals surface area contributed by atoms with Crippen LogP contribution in [0.25, 0.3) is 0 Å². The molecule has 0 spiro atoms. The Kier molecular flexibility index (Phi) is 7.60. The fraction of sp³-hybridized carbons (Fsp3) is 0.500. The molecule has 0 saturated carbocycles. The highest BCUT2D eigenvalue weighted by Crippen LogP contribution is 2.14. The highest BCUT2D eigenvalue weighted by atomic mass is 19.4. The second-order valence-corrected chi connectivity index (χ2v) is 4.28. The second-order valence-electron chi connectivity index (χ2n) is 4.28. The first-order chi connectivity index (χ1) is 9.97. The number of carbonyl (C=O) groups excluding carboxylic acids is 1. The van der Waals surface area contributed by atoms with Crippen molar-refractivity contribution in [1.82, 2.24) is 5.32 Å². The highest BCUT2D eigenvalue weighted by Gasteiger charge is 2.27. The molecule has 0 atom stereocenters. The van der Waals surface area contributed by atoms with E-state index in [2.05, 4.69) is 10.1 Å². The number of rotatable bonds is 9. The van der Waals surface area contributed by atoms with Crippen LogP contribution < -0.4 is 10.1 Å². The maximum absolute atomic E-state index is 11.8. The van der Waals surface area contributed by atoms with E-state index in [0.717, 1.165) is 5.75 Å². The van der Waals surface area contributed by atoms with Gasteiger partial charge in [-0.15, -0.1) is 0 Å². The smallest absolute Gasteiger partial charge is 0.411 e. The number of para-hydroxylation sites is 1. The van der Waals surface area contributed by atoms with Crippen LogP contribution in [0.1, 0.15) is 12.8 Å². The number of halogens is 3. The van der Waals surface area contributed by atoms with Gasteiger partial charge in [0.15, 0.2) is 0 Å². The van der Waals surface area contributed by atoms with E-state index < -0.39 is 12.8 Å². The summed E-state index contributed by atoms with van der Waals surface area (Å²) in [6, 6.07) is 9.21. The van der Waals surface area contributed by atoms with Crippen molar-refractivity contribution in [3.8, 4) is 5.75 Å². The largest absolute Gasteiger partial charge is 0.494 e. The Balaban J connectivity index is 1.97. The molecule has 21 heavy (non-hydrogen) atoms. The van der Waals surface area contributed by atoms with Gasteiger partial charge in [-0.25, -0.2) is 0 Å². The Morgan fingerprint density at radius 2 is 1.86 bits per heavy atom. The summed E-state index contributed by atoms with van der Waals surface area (Å²) in [7, 11) is 0. The normalized spacial score (nSPS) is 11.2. The van der Waals surface area contributed by atoms with Gasteiger partial charge in [-0.2, -0.15) is 13.2 Å². The lowest BCUT2D eigenvalue weighted by atomic mass is 10.3. The Morgan fingerprint density at radius 1 is 1.14 bits per heavy atom. The zero-order chi connectivity index (χ0) is 15.6. The van der Waals surface area contributed by atoms with Gasteiger partial charge < -0.3 is 14.8 Å². The quantitative estimate of drug-likeness (QED) is 0.713. The van der Waals surface area contributed by atoms with Crippen LogP contribution in [0, 0.1) is 0 Å². The zero-order valence-corrected chi connectivity index (χ0v) is 11.5. The van der Waals surface area contributed by atoms with Crippen LogP contribution in [0.3, 0.4) is 0 Å². The van der Waals surface area contributed by atoms with E-state index in [0.29, 0.717) is 13.0 Å². The van der Waals surface area contributed by atoms with Gasteiger partial charge >= 0.3 is 6.18 Å².